The molecule has 0 radical (unpaired) electrons. The molecule has 1 saturated heterocycles. The van der Waals surface area contributed by atoms with Crippen molar-refractivity contribution in [2.45, 2.75) is 37.7 Å². The molecule has 1 spiro atoms. The van der Waals surface area contributed by atoms with Crippen LogP contribution in [0.25, 0.3) is 0 Å². The summed E-state index contributed by atoms with van der Waals surface area (Å²) in [7, 11) is 3.64. The SMILES string of the molecule is C=CCO[C@H]1CC2(CCN(C(=O)N(C)C)CC2)c2ccc(C)cc21. The highest BCUT2D eigenvalue weighted by Gasteiger charge is 2.46. The van der Waals surface area contributed by atoms with Crippen molar-refractivity contribution >= 4 is 6.03 Å². The van der Waals surface area contributed by atoms with Crippen LogP contribution in [0.4, 0.5) is 4.79 Å². The highest BCUT2D eigenvalue weighted by atomic mass is 16.5. The number of ether oxygens (including phenoxy) is 1. The predicted octanol–water partition coefficient (Wildman–Crippen LogP) is 3.66. The van der Waals surface area contributed by atoms with Gasteiger partial charge in [-0.15, -0.1) is 6.58 Å². The fourth-order valence-corrected chi connectivity index (χ4v) is 4.22. The van der Waals surface area contributed by atoms with Crippen LogP contribution in [0, 0.1) is 6.92 Å². The van der Waals surface area contributed by atoms with Crippen LogP contribution in [0.15, 0.2) is 30.9 Å². The minimum atomic E-state index is 0.117. The molecule has 1 fully saturated rings. The van der Waals surface area contributed by atoms with Crippen molar-refractivity contribution in [2.75, 3.05) is 33.8 Å². The second kappa shape index (κ2) is 6.60. The molecule has 130 valence electrons. The standard InChI is InChI=1S/C20H28N2O2/c1-5-12-24-18-14-20(17-7-6-15(2)13-16(17)18)8-10-22(11-9-20)19(23)21(3)4/h5-7,13,18H,1,8-12,14H2,2-4H3/t18-/m0/s1. The van der Waals surface area contributed by atoms with Crippen molar-refractivity contribution in [3.8, 4) is 0 Å². The summed E-state index contributed by atoms with van der Waals surface area (Å²) in [5.74, 6) is 0. The molecule has 24 heavy (non-hydrogen) atoms. The van der Waals surface area contributed by atoms with Gasteiger partial charge in [-0.1, -0.05) is 29.8 Å². The number of benzene rings is 1. The third-order valence-electron chi connectivity index (χ3n) is 5.49. The Labute approximate surface area is 145 Å². The summed E-state index contributed by atoms with van der Waals surface area (Å²) >= 11 is 0. The third kappa shape index (κ3) is 2.95. The molecule has 0 saturated carbocycles. The van der Waals surface area contributed by atoms with E-state index in [0.717, 1.165) is 32.4 Å². The van der Waals surface area contributed by atoms with E-state index in [1.54, 1.807) is 4.90 Å². The number of rotatable bonds is 3. The fraction of sp³-hybridized carbons (Fsp3) is 0.550. The van der Waals surface area contributed by atoms with Crippen LogP contribution in [0.5, 0.6) is 0 Å². The van der Waals surface area contributed by atoms with Crippen LogP contribution in [0.3, 0.4) is 0 Å². The van der Waals surface area contributed by atoms with Crippen LogP contribution in [0.1, 0.15) is 42.1 Å². The summed E-state index contributed by atoms with van der Waals surface area (Å²) in [5, 5.41) is 0. The van der Waals surface area contributed by atoms with E-state index in [4.69, 9.17) is 4.74 Å². The summed E-state index contributed by atoms with van der Waals surface area (Å²) < 4.78 is 6.07. The number of hydrogen-bond acceptors (Lipinski definition) is 2. The van der Waals surface area contributed by atoms with Crippen LogP contribution in [0.2, 0.25) is 0 Å². The molecule has 3 rings (SSSR count). The smallest absolute Gasteiger partial charge is 0.319 e. The molecule has 1 aromatic rings. The Balaban J connectivity index is 1.82. The van der Waals surface area contributed by atoms with Crippen LogP contribution in [-0.2, 0) is 10.2 Å². The highest BCUT2D eigenvalue weighted by molar-refractivity contribution is 5.74. The highest BCUT2D eigenvalue weighted by Crippen LogP contribution is 2.52. The molecule has 1 heterocycles. The molecular formula is C20H28N2O2. The number of piperidine rings is 1. The maximum atomic E-state index is 12.2. The zero-order valence-corrected chi connectivity index (χ0v) is 15.0. The van der Waals surface area contributed by atoms with Crippen LogP contribution < -0.4 is 0 Å². The van der Waals surface area contributed by atoms with Gasteiger partial charge >= 0.3 is 6.03 Å². The quantitative estimate of drug-likeness (QED) is 0.793. The van der Waals surface area contributed by atoms with Crippen molar-refractivity contribution in [1.29, 1.82) is 0 Å². The van der Waals surface area contributed by atoms with Gasteiger partial charge in [0.2, 0.25) is 0 Å². The first-order valence-corrected chi connectivity index (χ1v) is 8.76. The summed E-state index contributed by atoms with van der Waals surface area (Å²) in [5.41, 5.74) is 4.19. The predicted molar refractivity (Wildman–Crippen MR) is 96.3 cm³/mol. The van der Waals surface area contributed by atoms with E-state index in [2.05, 4.69) is 31.7 Å². The van der Waals surface area contributed by atoms with E-state index in [9.17, 15) is 4.79 Å². The first-order chi connectivity index (χ1) is 11.5. The Morgan fingerprint density at radius 3 is 2.75 bits per heavy atom. The Kier molecular flexibility index (Phi) is 4.68. The number of hydrogen-bond donors (Lipinski definition) is 0. The van der Waals surface area contributed by atoms with Gasteiger partial charge in [-0.3, -0.25) is 0 Å². The summed E-state index contributed by atoms with van der Waals surface area (Å²) in [6, 6.07) is 6.88. The average Bonchev–Trinajstić information content (AvgIpc) is 2.86. The van der Waals surface area contributed by atoms with E-state index in [1.807, 2.05) is 25.1 Å². The zero-order chi connectivity index (χ0) is 17.3. The van der Waals surface area contributed by atoms with Gasteiger partial charge in [0.1, 0.15) is 0 Å². The molecule has 0 bridgehead atoms. The molecule has 1 aromatic carbocycles. The van der Waals surface area contributed by atoms with Gasteiger partial charge in [-0.25, -0.2) is 4.79 Å². The lowest BCUT2D eigenvalue weighted by atomic mass is 9.73. The Morgan fingerprint density at radius 2 is 2.12 bits per heavy atom. The van der Waals surface area contributed by atoms with Gasteiger partial charge < -0.3 is 14.5 Å². The lowest BCUT2D eigenvalue weighted by Crippen LogP contribution is -2.47. The molecule has 1 aliphatic heterocycles. The largest absolute Gasteiger partial charge is 0.369 e. The van der Waals surface area contributed by atoms with Crippen molar-refractivity contribution < 1.29 is 9.53 Å². The van der Waals surface area contributed by atoms with Gasteiger partial charge in [-0.05, 0) is 37.3 Å². The molecular weight excluding hydrogens is 300 g/mol. The molecule has 4 heteroatoms. The van der Waals surface area contributed by atoms with Crippen molar-refractivity contribution in [3.63, 3.8) is 0 Å². The molecule has 2 amide bonds. The number of carbonyl (C=O) groups is 1. The zero-order valence-electron chi connectivity index (χ0n) is 15.0. The number of aryl methyl sites for hydroxylation is 1. The summed E-state index contributed by atoms with van der Waals surface area (Å²) in [6.07, 6.45) is 5.00. The number of likely N-dealkylation sites (tertiary alicyclic amines) is 1. The van der Waals surface area contributed by atoms with Gasteiger partial charge in [-0.2, -0.15) is 0 Å². The molecule has 4 nitrogen and oxygen atoms in total. The Bertz CT molecular complexity index is 631. The second-order valence-corrected chi connectivity index (χ2v) is 7.35. The topological polar surface area (TPSA) is 32.8 Å². The summed E-state index contributed by atoms with van der Waals surface area (Å²) in [4.78, 5) is 15.8. The molecule has 0 unspecified atom stereocenters. The van der Waals surface area contributed by atoms with E-state index < -0.39 is 0 Å². The number of amides is 2. The number of fused-ring (bicyclic) bond motifs is 2. The maximum absolute atomic E-state index is 12.2. The van der Waals surface area contributed by atoms with Crippen molar-refractivity contribution in [2.24, 2.45) is 0 Å². The van der Waals surface area contributed by atoms with Gasteiger partial charge in [0.15, 0.2) is 0 Å². The fourth-order valence-electron chi connectivity index (χ4n) is 4.22. The summed E-state index contributed by atoms with van der Waals surface area (Å²) in [6.45, 7) is 8.12. The van der Waals surface area contributed by atoms with E-state index in [1.165, 1.54) is 16.7 Å². The van der Waals surface area contributed by atoms with E-state index in [0.29, 0.717) is 6.61 Å². The Morgan fingerprint density at radius 1 is 1.42 bits per heavy atom. The third-order valence-corrected chi connectivity index (χ3v) is 5.49. The monoisotopic (exact) mass is 328 g/mol. The number of nitrogens with zero attached hydrogens (tertiary/aromatic N) is 2. The molecule has 0 N–H and O–H groups in total. The second-order valence-electron chi connectivity index (χ2n) is 7.35. The number of urea groups is 1. The lowest BCUT2D eigenvalue weighted by Gasteiger charge is -2.41. The van der Waals surface area contributed by atoms with Gasteiger partial charge in [0.25, 0.3) is 0 Å². The molecule has 2 aliphatic rings. The molecule has 1 aliphatic carbocycles. The normalized spacial score (nSPS) is 21.6. The van der Waals surface area contributed by atoms with E-state index >= 15 is 0 Å². The maximum Gasteiger partial charge on any atom is 0.319 e. The Hall–Kier alpha value is -1.81. The van der Waals surface area contributed by atoms with Crippen LogP contribution >= 0.6 is 0 Å². The van der Waals surface area contributed by atoms with E-state index in [-0.39, 0.29) is 17.6 Å². The molecule has 0 aromatic heterocycles. The van der Waals surface area contributed by atoms with Crippen LogP contribution in [-0.4, -0.2) is 49.6 Å². The minimum absolute atomic E-state index is 0.117. The van der Waals surface area contributed by atoms with Crippen molar-refractivity contribution in [1.82, 2.24) is 9.80 Å². The van der Waals surface area contributed by atoms with Gasteiger partial charge in [0, 0.05) is 32.6 Å². The minimum Gasteiger partial charge on any atom is -0.369 e. The first-order valence-electron chi connectivity index (χ1n) is 8.76. The number of carbonyl (C=O) groups excluding carboxylic acids is 1. The van der Waals surface area contributed by atoms with Crippen molar-refractivity contribution in [3.05, 3.63) is 47.5 Å². The lowest BCUT2D eigenvalue weighted by molar-refractivity contribution is 0.0509. The average molecular weight is 328 g/mol. The first kappa shape index (κ1) is 17.0. The molecule has 1 atom stereocenters. The van der Waals surface area contributed by atoms with Gasteiger partial charge in [0.05, 0.1) is 12.7 Å².